The van der Waals surface area contributed by atoms with Gasteiger partial charge in [0.25, 0.3) is 0 Å². The van der Waals surface area contributed by atoms with Gasteiger partial charge in [-0.2, -0.15) is 0 Å². The zero-order chi connectivity index (χ0) is 9.97. The summed E-state index contributed by atoms with van der Waals surface area (Å²) in [4.78, 5) is 2.64. The van der Waals surface area contributed by atoms with Crippen LogP contribution in [0, 0.1) is 5.92 Å². The summed E-state index contributed by atoms with van der Waals surface area (Å²) >= 11 is 0. The predicted octanol–water partition coefficient (Wildman–Crippen LogP) is 0.705. The summed E-state index contributed by atoms with van der Waals surface area (Å²) in [5.41, 5.74) is 0. The quantitative estimate of drug-likeness (QED) is 0.707. The molecule has 3 unspecified atom stereocenters. The van der Waals surface area contributed by atoms with Crippen molar-refractivity contribution in [3.05, 3.63) is 0 Å². The standard InChI is InChI=1S/C11H22N2O/c1-3-10-6-12-7-11(10)13-4-5-14-8-9(13)2/h9-12H,3-8H2,1-2H3. The van der Waals surface area contributed by atoms with Crippen LogP contribution in [0.2, 0.25) is 0 Å². The van der Waals surface area contributed by atoms with Crippen molar-refractivity contribution in [3.63, 3.8) is 0 Å². The summed E-state index contributed by atoms with van der Waals surface area (Å²) in [6.45, 7) is 9.89. The van der Waals surface area contributed by atoms with E-state index in [4.69, 9.17) is 4.74 Å². The number of nitrogens with zero attached hydrogens (tertiary/aromatic N) is 1. The van der Waals surface area contributed by atoms with Crippen LogP contribution in [-0.2, 0) is 4.74 Å². The van der Waals surface area contributed by atoms with Crippen molar-refractivity contribution in [3.8, 4) is 0 Å². The minimum atomic E-state index is 0.600. The molecule has 3 nitrogen and oxygen atoms in total. The molecule has 2 fully saturated rings. The van der Waals surface area contributed by atoms with Crippen LogP contribution in [0.25, 0.3) is 0 Å². The monoisotopic (exact) mass is 198 g/mol. The lowest BCUT2D eigenvalue weighted by atomic mass is 9.98. The first-order valence-electron chi connectivity index (χ1n) is 5.87. The number of rotatable bonds is 2. The highest BCUT2D eigenvalue weighted by Gasteiger charge is 2.34. The van der Waals surface area contributed by atoms with Gasteiger partial charge in [0, 0.05) is 25.2 Å². The Kier molecular flexibility index (Phi) is 3.42. The van der Waals surface area contributed by atoms with E-state index >= 15 is 0 Å². The van der Waals surface area contributed by atoms with Crippen molar-refractivity contribution >= 4 is 0 Å². The van der Waals surface area contributed by atoms with Crippen LogP contribution >= 0.6 is 0 Å². The van der Waals surface area contributed by atoms with Gasteiger partial charge >= 0.3 is 0 Å². The van der Waals surface area contributed by atoms with Crippen LogP contribution in [0.1, 0.15) is 20.3 Å². The molecule has 0 bridgehead atoms. The molecule has 2 aliphatic rings. The molecule has 0 radical (unpaired) electrons. The lowest BCUT2D eigenvalue weighted by Crippen LogP contribution is -2.52. The third kappa shape index (κ3) is 1.95. The van der Waals surface area contributed by atoms with E-state index in [9.17, 15) is 0 Å². The van der Waals surface area contributed by atoms with E-state index in [0.29, 0.717) is 6.04 Å². The Morgan fingerprint density at radius 1 is 1.43 bits per heavy atom. The van der Waals surface area contributed by atoms with Gasteiger partial charge in [-0.1, -0.05) is 13.3 Å². The third-order valence-electron chi connectivity index (χ3n) is 3.67. The fraction of sp³-hybridized carbons (Fsp3) is 1.00. The molecule has 3 heteroatoms. The molecule has 2 heterocycles. The Morgan fingerprint density at radius 3 is 3.00 bits per heavy atom. The topological polar surface area (TPSA) is 24.5 Å². The van der Waals surface area contributed by atoms with E-state index in [1.165, 1.54) is 19.5 Å². The van der Waals surface area contributed by atoms with E-state index in [-0.39, 0.29) is 0 Å². The number of nitrogens with one attached hydrogen (secondary N) is 1. The van der Waals surface area contributed by atoms with Crippen LogP contribution in [0.5, 0.6) is 0 Å². The summed E-state index contributed by atoms with van der Waals surface area (Å²) in [7, 11) is 0. The van der Waals surface area contributed by atoms with Crippen molar-refractivity contribution in [2.75, 3.05) is 32.8 Å². The molecule has 0 aromatic rings. The fourth-order valence-corrected chi connectivity index (χ4v) is 2.76. The Bertz CT molecular complexity index is 186. The maximum Gasteiger partial charge on any atom is 0.0619 e. The van der Waals surface area contributed by atoms with Gasteiger partial charge in [-0.3, -0.25) is 4.90 Å². The largest absolute Gasteiger partial charge is 0.379 e. The van der Waals surface area contributed by atoms with Crippen LogP contribution in [0.15, 0.2) is 0 Å². The van der Waals surface area contributed by atoms with Gasteiger partial charge in [-0.25, -0.2) is 0 Å². The Balaban J connectivity index is 1.97. The number of hydrogen-bond donors (Lipinski definition) is 1. The lowest BCUT2D eigenvalue weighted by molar-refractivity contribution is -0.0266. The molecule has 0 saturated carbocycles. The van der Waals surface area contributed by atoms with Gasteiger partial charge in [-0.15, -0.1) is 0 Å². The highest BCUT2D eigenvalue weighted by molar-refractivity contribution is 4.90. The molecule has 14 heavy (non-hydrogen) atoms. The first kappa shape index (κ1) is 10.4. The molecular formula is C11H22N2O. The normalized spacial score (nSPS) is 40.3. The second kappa shape index (κ2) is 4.60. The maximum absolute atomic E-state index is 5.48. The van der Waals surface area contributed by atoms with Gasteiger partial charge in [0.05, 0.1) is 13.2 Å². The van der Waals surface area contributed by atoms with Gasteiger partial charge in [-0.05, 0) is 19.4 Å². The number of hydrogen-bond acceptors (Lipinski definition) is 3. The Morgan fingerprint density at radius 2 is 2.29 bits per heavy atom. The van der Waals surface area contributed by atoms with Gasteiger partial charge in [0.15, 0.2) is 0 Å². The van der Waals surface area contributed by atoms with E-state index in [0.717, 1.165) is 31.7 Å². The minimum Gasteiger partial charge on any atom is -0.379 e. The summed E-state index contributed by atoms with van der Waals surface area (Å²) in [6.07, 6.45) is 1.29. The van der Waals surface area contributed by atoms with Gasteiger partial charge in [0.1, 0.15) is 0 Å². The average Bonchev–Trinajstić information content (AvgIpc) is 2.66. The highest BCUT2D eigenvalue weighted by Crippen LogP contribution is 2.22. The van der Waals surface area contributed by atoms with Crippen LogP contribution in [0.3, 0.4) is 0 Å². The van der Waals surface area contributed by atoms with Gasteiger partial charge < -0.3 is 10.1 Å². The van der Waals surface area contributed by atoms with Crippen molar-refractivity contribution in [2.45, 2.75) is 32.4 Å². The first-order chi connectivity index (χ1) is 6.83. The highest BCUT2D eigenvalue weighted by atomic mass is 16.5. The van der Waals surface area contributed by atoms with Crippen LogP contribution in [0.4, 0.5) is 0 Å². The Hall–Kier alpha value is -0.120. The molecule has 0 aliphatic carbocycles. The Labute approximate surface area is 86.8 Å². The summed E-state index contributed by atoms with van der Waals surface area (Å²) in [5.74, 6) is 0.843. The molecule has 1 N–H and O–H groups in total. The molecule has 2 saturated heterocycles. The zero-order valence-electron chi connectivity index (χ0n) is 9.33. The van der Waals surface area contributed by atoms with Crippen molar-refractivity contribution in [1.82, 2.24) is 10.2 Å². The molecule has 2 aliphatic heterocycles. The van der Waals surface area contributed by atoms with E-state index < -0.39 is 0 Å². The molecule has 3 atom stereocenters. The summed E-state index contributed by atoms with van der Waals surface area (Å²) in [5, 5.41) is 3.51. The molecule has 0 aromatic carbocycles. The molecule has 0 amide bonds. The van der Waals surface area contributed by atoms with Crippen LogP contribution < -0.4 is 5.32 Å². The molecule has 0 aromatic heterocycles. The zero-order valence-corrected chi connectivity index (χ0v) is 9.33. The van der Waals surface area contributed by atoms with E-state index in [1.807, 2.05) is 0 Å². The predicted molar refractivity (Wildman–Crippen MR) is 57.4 cm³/mol. The molecule has 2 rings (SSSR count). The van der Waals surface area contributed by atoms with Crippen molar-refractivity contribution in [2.24, 2.45) is 5.92 Å². The maximum atomic E-state index is 5.48. The number of morpholine rings is 1. The fourth-order valence-electron chi connectivity index (χ4n) is 2.76. The second-order valence-corrected chi connectivity index (χ2v) is 4.56. The average molecular weight is 198 g/mol. The summed E-state index contributed by atoms with van der Waals surface area (Å²) in [6, 6.07) is 1.35. The number of ether oxygens (including phenoxy) is 1. The SMILES string of the molecule is CCC1CNCC1N1CCOCC1C. The van der Waals surface area contributed by atoms with E-state index in [2.05, 4.69) is 24.1 Å². The lowest BCUT2D eigenvalue weighted by Gasteiger charge is -2.39. The van der Waals surface area contributed by atoms with Gasteiger partial charge in [0.2, 0.25) is 0 Å². The third-order valence-corrected chi connectivity index (χ3v) is 3.67. The molecule has 82 valence electrons. The van der Waals surface area contributed by atoms with Crippen molar-refractivity contribution in [1.29, 1.82) is 0 Å². The molecular weight excluding hydrogens is 176 g/mol. The van der Waals surface area contributed by atoms with E-state index in [1.54, 1.807) is 0 Å². The minimum absolute atomic E-state index is 0.600. The van der Waals surface area contributed by atoms with Crippen LogP contribution in [-0.4, -0.2) is 49.8 Å². The molecule has 0 spiro atoms. The summed E-state index contributed by atoms with van der Waals surface area (Å²) < 4.78 is 5.48. The first-order valence-corrected chi connectivity index (χ1v) is 5.87. The smallest absolute Gasteiger partial charge is 0.0619 e. The second-order valence-electron chi connectivity index (χ2n) is 4.56. The van der Waals surface area contributed by atoms with Crippen molar-refractivity contribution < 1.29 is 4.74 Å².